The summed E-state index contributed by atoms with van der Waals surface area (Å²) in [6, 6.07) is 5.11. The molecule has 33 heavy (non-hydrogen) atoms. The minimum Gasteiger partial charge on any atom is -0.496 e. The molecule has 1 aromatic carbocycles. The Morgan fingerprint density at radius 3 is 2.61 bits per heavy atom. The van der Waals surface area contributed by atoms with Crippen LogP contribution in [0, 0.1) is 11.5 Å². The fraction of sp³-hybridized carbons (Fsp3) is 0.500. The van der Waals surface area contributed by atoms with E-state index in [9.17, 15) is 10.1 Å². The average Bonchev–Trinajstić information content (AvgIpc) is 3.34. The first kappa shape index (κ1) is 25.0. The van der Waals surface area contributed by atoms with Crippen LogP contribution in [0.25, 0.3) is 0 Å². The molecule has 0 radical (unpaired) electrons. The number of nitriles is 1. The van der Waals surface area contributed by atoms with Crippen molar-refractivity contribution in [2.75, 3.05) is 7.11 Å². The van der Waals surface area contributed by atoms with Crippen molar-refractivity contribution in [3.63, 3.8) is 0 Å². The molecular weight excluding hydrogens is 460 g/mol. The van der Waals surface area contributed by atoms with Crippen molar-refractivity contribution in [1.29, 1.82) is 5.26 Å². The molecule has 2 aromatic rings. The van der Waals surface area contributed by atoms with Crippen LogP contribution in [0.5, 0.6) is 5.75 Å². The Morgan fingerprint density at radius 2 is 2.03 bits per heavy atom. The van der Waals surface area contributed by atoms with Gasteiger partial charge in [-0.05, 0) is 49.3 Å². The third kappa shape index (κ3) is 6.04. The molecule has 9 heteroatoms. The second-order valence-electron chi connectivity index (χ2n) is 9.23. The van der Waals surface area contributed by atoms with E-state index in [4.69, 9.17) is 26.1 Å². The molecule has 0 spiro atoms. The maximum absolute atomic E-state index is 11.9. The summed E-state index contributed by atoms with van der Waals surface area (Å²) in [6.45, 7) is 8.34. The van der Waals surface area contributed by atoms with Gasteiger partial charge in [-0.1, -0.05) is 32.4 Å². The van der Waals surface area contributed by atoms with Crippen molar-refractivity contribution < 1.29 is 14.3 Å². The van der Waals surface area contributed by atoms with Crippen molar-refractivity contribution in [3.05, 3.63) is 44.7 Å². The number of methoxy groups -OCH3 is 1. The number of carbonyl (C=O) groups is 1. The summed E-state index contributed by atoms with van der Waals surface area (Å²) in [6.07, 6.45) is 7.54. The molecule has 3 rings (SSSR count). The largest absolute Gasteiger partial charge is 0.496 e. The van der Waals surface area contributed by atoms with Gasteiger partial charge in [-0.3, -0.25) is 4.79 Å². The number of amidine groups is 1. The highest BCUT2D eigenvalue weighted by atomic mass is 35.5. The monoisotopic (exact) mass is 488 g/mol. The summed E-state index contributed by atoms with van der Waals surface area (Å²) in [4.78, 5) is 22.4. The number of aromatic nitrogens is 1. The molecule has 0 atom stereocenters. The van der Waals surface area contributed by atoms with Gasteiger partial charge in [0.2, 0.25) is 6.19 Å². The van der Waals surface area contributed by atoms with Crippen LogP contribution in [0.15, 0.2) is 34.4 Å². The number of rotatable bonds is 5. The minimum absolute atomic E-state index is 0.106. The van der Waals surface area contributed by atoms with Crippen molar-refractivity contribution in [2.45, 2.75) is 70.9 Å². The predicted octanol–water partition coefficient (Wildman–Crippen LogP) is 5.21. The highest BCUT2D eigenvalue weighted by molar-refractivity contribution is 7.09. The van der Waals surface area contributed by atoms with E-state index < -0.39 is 5.60 Å². The van der Waals surface area contributed by atoms with Gasteiger partial charge in [0.05, 0.1) is 19.2 Å². The number of thiazole rings is 1. The molecule has 1 fully saturated rings. The fourth-order valence-corrected chi connectivity index (χ4v) is 5.21. The molecule has 0 N–H and O–H groups in total. The number of ether oxygens (including phenoxy) is 2. The van der Waals surface area contributed by atoms with Crippen molar-refractivity contribution in [1.82, 2.24) is 4.57 Å². The molecule has 1 aliphatic rings. The Morgan fingerprint density at radius 1 is 1.33 bits per heavy atom. The van der Waals surface area contributed by atoms with Gasteiger partial charge in [0, 0.05) is 23.0 Å². The predicted molar refractivity (Wildman–Crippen MR) is 130 cm³/mol. The highest BCUT2D eigenvalue weighted by Crippen LogP contribution is 2.35. The van der Waals surface area contributed by atoms with Crippen LogP contribution in [-0.2, 0) is 21.5 Å². The molecule has 1 heterocycles. The molecule has 1 aromatic heterocycles. The van der Waals surface area contributed by atoms with Gasteiger partial charge in [0.25, 0.3) is 0 Å². The second-order valence-corrected chi connectivity index (χ2v) is 10.7. The summed E-state index contributed by atoms with van der Waals surface area (Å²) >= 11 is 7.74. The van der Waals surface area contributed by atoms with Gasteiger partial charge in [0.1, 0.15) is 11.4 Å². The Kier molecular flexibility index (Phi) is 7.65. The second kappa shape index (κ2) is 10.1. The zero-order chi connectivity index (χ0) is 24.2. The van der Waals surface area contributed by atoms with Crippen LogP contribution in [0.2, 0.25) is 5.02 Å². The normalized spacial score (nSPS) is 16.5. The zero-order valence-electron chi connectivity index (χ0n) is 19.6. The molecule has 7 nitrogen and oxygen atoms in total. The van der Waals surface area contributed by atoms with E-state index in [-0.39, 0.29) is 17.2 Å². The van der Waals surface area contributed by atoms with Gasteiger partial charge in [-0.25, -0.2) is 0 Å². The lowest BCUT2D eigenvalue weighted by atomic mass is 9.95. The number of aliphatic imine (C=N–C) groups is 1. The van der Waals surface area contributed by atoms with E-state index >= 15 is 0 Å². The van der Waals surface area contributed by atoms with Crippen LogP contribution in [-0.4, -0.2) is 29.1 Å². The smallest absolute Gasteiger partial charge is 0.303 e. The Hall–Kier alpha value is -2.63. The van der Waals surface area contributed by atoms with E-state index in [1.807, 2.05) is 10.8 Å². The summed E-state index contributed by atoms with van der Waals surface area (Å²) in [5.74, 6) is 0.446. The van der Waals surface area contributed by atoms with E-state index in [1.54, 1.807) is 25.3 Å². The number of hydrogen-bond acceptors (Lipinski definition) is 6. The lowest BCUT2D eigenvalue weighted by molar-refractivity contribution is -0.158. The Bertz CT molecular complexity index is 1160. The van der Waals surface area contributed by atoms with Gasteiger partial charge in [0.15, 0.2) is 10.6 Å². The van der Waals surface area contributed by atoms with Gasteiger partial charge in [-0.15, -0.1) is 11.3 Å². The van der Waals surface area contributed by atoms with Crippen molar-refractivity contribution >= 4 is 34.7 Å². The van der Waals surface area contributed by atoms with Gasteiger partial charge in [-0.2, -0.15) is 15.2 Å². The maximum Gasteiger partial charge on any atom is 0.303 e. The highest BCUT2D eigenvalue weighted by Gasteiger charge is 2.38. The first-order valence-corrected chi connectivity index (χ1v) is 12.0. The van der Waals surface area contributed by atoms with Crippen LogP contribution >= 0.6 is 22.9 Å². The molecule has 0 unspecified atom stereocenters. The van der Waals surface area contributed by atoms with Crippen LogP contribution in [0.1, 0.15) is 63.8 Å². The number of esters is 1. The Balaban J connectivity index is 2.17. The number of hydrogen-bond donors (Lipinski definition) is 0. The van der Waals surface area contributed by atoms with Gasteiger partial charge < -0.3 is 14.0 Å². The quantitative estimate of drug-likeness (QED) is 0.250. The summed E-state index contributed by atoms with van der Waals surface area (Å²) in [5, 5.41) is 9.84. The molecule has 0 saturated heterocycles. The third-order valence-electron chi connectivity index (χ3n) is 5.55. The Labute approximate surface area is 203 Å². The van der Waals surface area contributed by atoms with Crippen molar-refractivity contribution in [3.8, 4) is 11.9 Å². The van der Waals surface area contributed by atoms with Crippen LogP contribution < -0.4 is 9.54 Å². The van der Waals surface area contributed by atoms with E-state index in [0.717, 1.165) is 30.6 Å². The SMILES string of the molecule is COc1ccc(Cl)cc1C(=NC#N)/N=c1\sc(C(C)(C)C)cn1CC1(OC(C)=O)CCCC1. The summed E-state index contributed by atoms with van der Waals surface area (Å²) in [5.41, 5.74) is -0.137. The van der Waals surface area contributed by atoms with E-state index in [1.165, 1.54) is 18.3 Å². The maximum atomic E-state index is 11.9. The number of carbonyl (C=O) groups excluding carboxylic acids is 1. The topological polar surface area (TPSA) is 89.0 Å². The number of halogens is 1. The molecule has 0 bridgehead atoms. The average molecular weight is 489 g/mol. The molecule has 1 aliphatic carbocycles. The van der Waals surface area contributed by atoms with Crippen LogP contribution in [0.4, 0.5) is 0 Å². The molecule has 0 aliphatic heterocycles. The third-order valence-corrected chi connectivity index (χ3v) is 7.23. The van der Waals surface area contributed by atoms with Crippen LogP contribution in [0.3, 0.4) is 0 Å². The summed E-state index contributed by atoms with van der Waals surface area (Å²) in [7, 11) is 1.54. The molecule has 0 amide bonds. The first-order valence-electron chi connectivity index (χ1n) is 10.8. The molecule has 176 valence electrons. The molecular formula is C24H29ClN4O3S. The van der Waals surface area contributed by atoms with Gasteiger partial charge >= 0.3 is 5.97 Å². The van der Waals surface area contributed by atoms with E-state index in [2.05, 4.69) is 32.0 Å². The first-order chi connectivity index (χ1) is 15.6. The van der Waals surface area contributed by atoms with Crippen molar-refractivity contribution in [2.24, 2.45) is 9.98 Å². The fourth-order valence-electron chi connectivity index (χ4n) is 3.99. The molecule has 1 saturated carbocycles. The van der Waals surface area contributed by atoms with E-state index in [0.29, 0.717) is 27.7 Å². The number of nitrogens with zero attached hydrogens (tertiary/aromatic N) is 4. The standard InChI is InChI=1S/C24H29ClN4O3S/c1-16(30)32-24(10-6-7-11-24)14-29-13-20(23(2,3)4)33-22(29)28-21(27-15-26)18-12-17(25)8-9-19(18)31-5/h8-9,12-13H,6-7,10-11,14H2,1-5H3/b27-21?,28-22-. The lowest BCUT2D eigenvalue weighted by Gasteiger charge is -2.29. The number of benzene rings is 1. The zero-order valence-corrected chi connectivity index (χ0v) is 21.2. The lowest BCUT2D eigenvalue weighted by Crippen LogP contribution is -2.38. The summed E-state index contributed by atoms with van der Waals surface area (Å²) < 4.78 is 13.3. The minimum atomic E-state index is -0.558.